The maximum Gasteiger partial charge on any atom is 0.268 e. The third kappa shape index (κ3) is 3.99. The minimum Gasteiger partial charge on any atom is -0.507 e. The first-order chi connectivity index (χ1) is 14.1. The summed E-state index contributed by atoms with van der Waals surface area (Å²) in [6, 6.07) is 19.0. The van der Waals surface area contributed by atoms with Gasteiger partial charge in [-0.25, -0.2) is 0 Å². The Bertz CT molecular complexity index is 1080. The van der Waals surface area contributed by atoms with E-state index >= 15 is 0 Å². The first-order valence-electron chi connectivity index (χ1n) is 9.49. The lowest BCUT2D eigenvalue weighted by Crippen LogP contribution is -2.28. The van der Waals surface area contributed by atoms with Crippen LogP contribution in [0.15, 0.2) is 83.3 Å². The molecule has 0 amide bonds. The molecule has 0 fully saturated rings. The maximum atomic E-state index is 13.6. The Kier molecular flexibility index (Phi) is 6.29. The molecule has 0 radical (unpaired) electrons. The maximum absolute atomic E-state index is 13.6. The minimum atomic E-state index is -0.354. The van der Waals surface area contributed by atoms with Gasteiger partial charge in [0.25, 0.3) is 5.56 Å². The molecule has 0 saturated heterocycles. The summed E-state index contributed by atoms with van der Waals surface area (Å²) in [6.07, 6.45) is 2.10. The molecule has 2 aromatic carbocycles. The summed E-state index contributed by atoms with van der Waals surface area (Å²) in [6.45, 7) is 7.40. The Morgan fingerprint density at radius 1 is 1.14 bits per heavy atom. The van der Waals surface area contributed by atoms with Crippen molar-refractivity contribution < 1.29 is 9.94 Å². The zero-order valence-electron chi connectivity index (χ0n) is 16.6. The van der Waals surface area contributed by atoms with Crippen molar-refractivity contribution in [2.24, 2.45) is 5.16 Å². The van der Waals surface area contributed by atoms with Gasteiger partial charge in [0.2, 0.25) is 0 Å². The molecule has 29 heavy (non-hydrogen) atoms. The molecule has 5 heteroatoms. The van der Waals surface area contributed by atoms with Gasteiger partial charge in [-0.15, -0.1) is 0 Å². The molecular weight excluding hydrogens is 364 g/mol. The normalized spacial score (nSPS) is 11.3. The van der Waals surface area contributed by atoms with E-state index in [2.05, 4.69) is 11.7 Å². The minimum absolute atomic E-state index is 0.0630. The smallest absolute Gasteiger partial charge is 0.268 e. The fraction of sp³-hybridized carbons (Fsp3) is 0.167. The number of pyridine rings is 1. The Labute approximate surface area is 170 Å². The monoisotopic (exact) mass is 388 g/mol. The van der Waals surface area contributed by atoms with Crippen LogP contribution < -0.4 is 5.56 Å². The van der Waals surface area contributed by atoms with Gasteiger partial charge in [0, 0.05) is 11.3 Å². The van der Waals surface area contributed by atoms with Crippen LogP contribution in [0.2, 0.25) is 0 Å². The highest BCUT2D eigenvalue weighted by Crippen LogP contribution is 2.33. The van der Waals surface area contributed by atoms with Crippen LogP contribution in [0.4, 0.5) is 0 Å². The van der Waals surface area contributed by atoms with Gasteiger partial charge in [-0.2, -0.15) is 0 Å². The predicted octanol–water partition coefficient (Wildman–Crippen LogP) is 4.70. The first-order valence-corrected chi connectivity index (χ1v) is 9.49. The number of oxime groups is 1. The molecule has 3 rings (SSSR count). The zero-order valence-corrected chi connectivity index (χ0v) is 16.6. The SMILES string of the molecule is C=CCO/N=C(\C)c1c(O)c(CC)c(-c2ccccc2)n(-c2ccccc2)c1=O. The Morgan fingerprint density at radius 2 is 1.76 bits per heavy atom. The van der Waals surface area contributed by atoms with E-state index in [1.165, 1.54) is 0 Å². The molecule has 0 unspecified atom stereocenters. The molecule has 0 spiro atoms. The van der Waals surface area contributed by atoms with Crippen LogP contribution in [-0.2, 0) is 11.3 Å². The van der Waals surface area contributed by atoms with Crippen molar-refractivity contribution in [2.75, 3.05) is 6.61 Å². The van der Waals surface area contributed by atoms with E-state index in [4.69, 9.17) is 4.84 Å². The molecule has 0 saturated carbocycles. The van der Waals surface area contributed by atoms with Crippen molar-refractivity contribution in [3.8, 4) is 22.7 Å². The third-order valence-electron chi connectivity index (χ3n) is 4.62. The summed E-state index contributed by atoms with van der Waals surface area (Å²) in [5, 5.41) is 15.0. The molecule has 148 valence electrons. The Morgan fingerprint density at radius 3 is 2.34 bits per heavy atom. The molecule has 0 bridgehead atoms. The topological polar surface area (TPSA) is 63.8 Å². The number of aromatic nitrogens is 1. The van der Waals surface area contributed by atoms with Crippen LogP contribution in [0.3, 0.4) is 0 Å². The highest BCUT2D eigenvalue weighted by molar-refractivity contribution is 6.01. The highest BCUT2D eigenvalue weighted by atomic mass is 16.6. The van der Waals surface area contributed by atoms with Crippen molar-refractivity contribution >= 4 is 5.71 Å². The van der Waals surface area contributed by atoms with Gasteiger partial charge in [0.1, 0.15) is 17.9 Å². The molecule has 0 aliphatic carbocycles. The largest absolute Gasteiger partial charge is 0.507 e. The van der Waals surface area contributed by atoms with Gasteiger partial charge in [0.15, 0.2) is 0 Å². The van der Waals surface area contributed by atoms with Gasteiger partial charge in [-0.3, -0.25) is 9.36 Å². The van der Waals surface area contributed by atoms with Crippen molar-refractivity contribution in [1.82, 2.24) is 4.57 Å². The molecule has 0 atom stereocenters. The third-order valence-corrected chi connectivity index (χ3v) is 4.62. The number of hydrogen-bond donors (Lipinski definition) is 1. The number of rotatable bonds is 7. The second-order valence-electron chi connectivity index (χ2n) is 6.51. The van der Waals surface area contributed by atoms with Crippen molar-refractivity contribution in [1.29, 1.82) is 0 Å². The molecule has 3 aromatic rings. The van der Waals surface area contributed by atoms with Crippen LogP contribution in [-0.4, -0.2) is 22.0 Å². The lowest BCUT2D eigenvalue weighted by atomic mass is 9.98. The summed E-state index contributed by atoms with van der Waals surface area (Å²) in [5.74, 6) is -0.0630. The van der Waals surface area contributed by atoms with Gasteiger partial charge in [0.05, 0.1) is 11.4 Å². The van der Waals surface area contributed by atoms with E-state index in [-0.39, 0.29) is 23.5 Å². The lowest BCUT2D eigenvalue weighted by molar-refractivity contribution is 0.175. The second-order valence-corrected chi connectivity index (χ2v) is 6.51. The average Bonchev–Trinajstić information content (AvgIpc) is 2.75. The summed E-state index contributed by atoms with van der Waals surface area (Å²) in [7, 11) is 0. The fourth-order valence-corrected chi connectivity index (χ4v) is 3.33. The van der Waals surface area contributed by atoms with E-state index in [1.807, 2.05) is 67.6 Å². The number of aromatic hydroxyl groups is 1. The fourth-order valence-electron chi connectivity index (χ4n) is 3.33. The van der Waals surface area contributed by atoms with Crippen molar-refractivity contribution in [3.63, 3.8) is 0 Å². The van der Waals surface area contributed by atoms with Gasteiger partial charge in [-0.05, 0) is 31.0 Å². The zero-order chi connectivity index (χ0) is 20.8. The standard InChI is InChI=1S/C24H24N2O3/c1-4-16-29-25-17(3)21-23(27)20(5-2)22(18-12-8-6-9-13-18)26(24(21)28)19-14-10-7-11-15-19/h4,6-15,27H,1,5,16H2,2-3H3/b25-17+. The molecule has 5 nitrogen and oxygen atoms in total. The van der Waals surface area contributed by atoms with Gasteiger partial charge >= 0.3 is 0 Å². The quantitative estimate of drug-likeness (QED) is 0.276. The number of hydrogen-bond acceptors (Lipinski definition) is 4. The Hall–Kier alpha value is -3.60. The lowest BCUT2D eigenvalue weighted by Gasteiger charge is -2.20. The van der Waals surface area contributed by atoms with E-state index in [9.17, 15) is 9.90 Å². The molecule has 0 aliphatic heterocycles. The Balaban J connectivity index is 2.40. The van der Waals surface area contributed by atoms with E-state index < -0.39 is 0 Å². The molecular formula is C24H24N2O3. The predicted molar refractivity (Wildman–Crippen MR) is 117 cm³/mol. The van der Waals surface area contributed by atoms with Crippen molar-refractivity contribution in [3.05, 3.63) is 94.8 Å². The van der Waals surface area contributed by atoms with Crippen LogP contribution >= 0.6 is 0 Å². The number of nitrogens with zero attached hydrogens (tertiary/aromatic N) is 2. The van der Waals surface area contributed by atoms with Gasteiger partial charge in [-0.1, -0.05) is 73.3 Å². The number of para-hydroxylation sites is 1. The molecule has 0 aliphatic rings. The summed E-state index contributed by atoms with van der Waals surface area (Å²) in [4.78, 5) is 18.7. The molecule has 1 N–H and O–H groups in total. The van der Waals surface area contributed by atoms with Crippen LogP contribution in [0, 0.1) is 0 Å². The number of benzene rings is 2. The van der Waals surface area contributed by atoms with Gasteiger partial charge < -0.3 is 9.94 Å². The second kappa shape index (κ2) is 9.06. The van der Waals surface area contributed by atoms with Crippen LogP contribution in [0.5, 0.6) is 5.75 Å². The van der Waals surface area contributed by atoms with Crippen molar-refractivity contribution in [2.45, 2.75) is 20.3 Å². The van der Waals surface area contributed by atoms with E-state index in [0.29, 0.717) is 29.1 Å². The molecule has 1 heterocycles. The average molecular weight is 388 g/mol. The van der Waals surface area contributed by atoms with E-state index in [0.717, 1.165) is 5.56 Å². The summed E-state index contributed by atoms with van der Waals surface area (Å²) >= 11 is 0. The summed E-state index contributed by atoms with van der Waals surface area (Å²) in [5.41, 5.74) is 3.01. The van der Waals surface area contributed by atoms with Crippen LogP contribution in [0.1, 0.15) is 25.0 Å². The van der Waals surface area contributed by atoms with E-state index in [1.54, 1.807) is 17.6 Å². The van der Waals surface area contributed by atoms with Crippen LogP contribution in [0.25, 0.3) is 16.9 Å². The highest BCUT2D eigenvalue weighted by Gasteiger charge is 2.24. The first kappa shape index (κ1) is 20.1. The summed E-state index contributed by atoms with van der Waals surface area (Å²) < 4.78 is 1.63. The molecule has 1 aromatic heterocycles.